The second kappa shape index (κ2) is 9.48. The number of hydrogen-bond donors (Lipinski definition) is 1. The minimum Gasteiger partial charge on any atom is -0.496 e. The summed E-state index contributed by atoms with van der Waals surface area (Å²) in [5.41, 5.74) is 0.223. The Morgan fingerprint density at radius 1 is 1.08 bits per heavy atom. The zero-order chi connectivity index (χ0) is 25.4. The zero-order valence-electron chi connectivity index (χ0n) is 21.0. The van der Waals surface area contributed by atoms with Crippen LogP contribution in [-0.2, 0) is 17.9 Å². The Kier molecular flexibility index (Phi) is 6.36. The lowest BCUT2D eigenvalue weighted by molar-refractivity contribution is -0.134. The number of benzene rings is 2. The molecule has 1 fully saturated rings. The van der Waals surface area contributed by atoms with Gasteiger partial charge in [-0.2, -0.15) is 0 Å². The lowest BCUT2D eigenvalue weighted by Gasteiger charge is -2.45. The van der Waals surface area contributed by atoms with Crippen molar-refractivity contribution in [3.05, 3.63) is 59.5 Å². The molecule has 1 atom stereocenters. The monoisotopic (exact) mass is 493 g/mol. The lowest BCUT2D eigenvalue weighted by atomic mass is 9.91. The number of amides is 2. The molecule has 190 valence electrons. The first-order valence-corrected chi connectivity index (χ1v) is 12.5. The van der Waals surface area contributed by atoms with Gasteiger partial charge in [-0.3, -0.25) is 9.59 Å². The summed E-state index contributed by atoms with van der Waals surface area (Å²) >= 11 is 0. The highest BCUT2D eigenvalue weighted by Crippen LogP contribution is 2.40. The molecule has 2 aromatic carbocycles. The van der Waals surface area contributed by atoms with Gasteiger partial charge < -0.3 is 24.3 Å². The third-order valence-electron chi connectivity index (χ3n) is 7.66. The van der Waals surface area contributed by atoms with Crippen molar-refractivity contribution < 1.29 is 23.5 Å². The van der Waals surface area contributed by atoms with Gasteiger partial charge in [-0.1, -0.05) is 37.5 Å². The molecule has 1 saturated carbocycles. The number of nitrogens with zero attached hydrogens (tertiary/aromatic N) is 2. The number of aromatic nitrogens is 1. The first-order chi connectivity index (χ1) is 17.4. The Bertz CT molecular complexity index is 1310. The van der Waals surface area contributed by atoms with E-state index in [4.69, 9.17) is 9.47 Å². The minimum atomic E-state index is -1.25. The predicted octanol–water partition coefficient (Wildman–Crippen LogP) is 4.66. The molecule has 0 bridgehead atoms. The predicted molar refractivity (Wildman–Crippen MR) is 135 cm³/mol. The number of rotatable bonds is 6. The number of methoxy groups -OCH3 is 2. The topological polar surface area (TPSA) is 72.8 Å². The second-order valence-electron chi connectivity index (χ2n) is 9.91. The molecule has 1 aromatic heterocycles. The summed E-state index contributed by atoms with van der Waals surface area (Å²) < 4.78 is 27.7. The fraction of sp³-hybridized carbons (Fsp3) is 0.429. The van der Waals surface area contributed by atoms with E-state index in [1.807, 2.05) is 4.57 Å². The summed E-state index contributed by atoms with van der Waals surface area (Å²) in [5.74, 6) is 0.214. The molecular weight excluding hydrogens is 461 g/mol. The van der Waals surface area contributed by atoms with Crippen LogP contribution in [0.3, 0.4) is 0 Å². The summed E-state index contributed by atoms with van der Waals surface area (Å²) in [6.07, 6.45) is 5.16. The van der Waals surface area contributed by atoms with Crippen molar-refractivity contribution in [1.29, 1.82) is 0 Å². The van der Waals surface area contributed by atoms with Gasteiger partial charge in [0.2, 0.25) is 5.91 Å². The highest BCUT2D eigenvalue weighted by molar-refractivity contribution is 6.05. The number of carbonyl (C=O) groups excluding carboxylic acids is 2. The van der Waals surface area contributed by atoms with E-state index in [2.05, 4.69) is 5.32 Å². The van der Waals surface area contributed by atoms with Crippen LogP contribution in [0, 0.1) is 5.82 Å². The molecular formula is C28H32FN3O4. The molecule has 2 amide bonds. The van der Waals surface area contributed by atoms with Crippen LogP contribution in [0.15, 0.2) is 42.5 Å². The molecule has 0 saturated heterocycles. The van der Waals surface area contributed by atoms with Crippen LogP contribution in [0.4, 0.5) is 4.39 Å². The maximum Gasteiger partial charge on any atom is 0.271 e. The summed E-state index contributed by atoms with van der Waals surface area (Å²) in [6, 6.07) is 11.8. The van der Waals surface area contributed by atoms with Gasteiger partial charge in [-0.05, 0) is 44.0 Å². The van der Waals surface area contributed by atoms with Gasteiger partial charge in [0.05, 0.1) is 32.8 Å². The van der Waals surface area contributed by atoms with Gasteiger partial charge in [0, 0.05) is 17.0 Å². The van der Waals surface area contributed by atoms with Crippen LogP contribution >= 0.6 is 0 Å². The Balaban J connectivity index is 1.63. The summed E-state index contributed by atoms with van der Waals surface area (Å²) in [6.45, 7) is 1.95. The SMILES string of the molecule is COc1ccc(OC)c2c1cc1n2C[C@@](C)(C(=O)NC2CCCCC2)N(Cc2ccccc2F)C1=O. The smallest absolute Gasteiger partial charge is 0.271 e. The fourth-order valence-electron chi connectivity index (χ4n) is 5.59. The standard InChI is InChI=1S/C28H32FN3O4/c1-28(27(34)30-19-10-5-4-6-11-19)17-31-22(15-20-23(35-2)13-14-24(36-3)25(20)31)26(33)32(28)16-18-9-7-8-12-21(18)29/h7-9,12-15,19H,4-6,10-11,16-17H2,1-3H3,(H,30,34)/t28-/m0/s1. The highest BCUT2D eigenvalue weighted by atomic mass is 19.1. The number of fused-ring (bicyclic) bond motifs is 3. The van der Waals surface area contributed by atoms with Crippen LogP contribution in [-0.4, -0.2) is 47.1 Å². The molecule has 5 rings (SSSR count). The average molecular weight is 494 g/mol. The average Bonchev–Trinajstić information content (AvgIpc) is 3.27. The molecule has 0 unspecified atom stereocenters. The van der Waals surface area contributed by atoms with Crippen molar-refractivity contribution in [1.82, 2.24) is 14.8 Å². The second-order valence-corrected chi connectivity index (χ2v) is 9.91. The minimum absolute atomic E-state index is 0.0180. The fourth-order valence-corrected chi connectivity index (χ4v) is 5.59. The molecule has 1 N–H and O–H groups in total. The third kappa shape index (κ3) is 3.98. The Hall–Kier alpha value is -3.55. The number of halogens is 1. The summed E-state index contributed by atoms with van der Waals surface area (Å²) in [4.78, 5) is 29.4. The number of hydrogen-bond acceptors (Lipinski definition) is 4. The van der Waals surface area contributed by atoms with E-state index in [1.165, 1.54) is 17.4 Å². The molecule has 2 aliphatic rings. The lowest BCUT2D eigenvalue weighted by Crippen LogP contribution is -2.64. The third-order valence-corrected chi connectivity index (χ3v) is 7.66. The quantitative estimate of drug-likeness (QED) is 0.542. The Labute approximate surface area is 210 Å². The van der Waals surface area contributed by atoms with Gasteiger partial charge >= 0.3 is 0 Å². The largest absolute Gasteiger partial charge is 0.496 e. The highest BCUT2D eigenvalue weighted by Gasteiger charge is 2.48. The maximum absolute atomic E-state index is 14.7. The van der Waals surface area contributed by atoms with Gasteiger partial charge in [0.1, 0.15) is 28.5 Å². The van der Waals surface area contributed by atoms with E-state index in [0.29, 0.717) is 28.3 Å². The van der Waals surface area contributed by atoms with Crippen molar-refractivity contribution in [2.24, 2.45) is 0 Å². The van der Waals surface area contributed by atoms with E-state index in [1.54, 1.807) is 57.5 Å². The van der Waals surface area contributed by atoms with Crippen molar-refractivity contribution >= 4 is 22.7 Å². The first-order valence-electron chi connectivity index (χ1n) is 12.5. The number of nitrogens with one attached hydrogen (secondary N) is 1. The van der Waals surface area contributed by atoms with E-state index in [-0.39, 0.29) is 30.9 Å². The maximum atomic E-state index is 14.7. The van der Waals surface area contributed by atoms with Gasteiger partial charge in [-0.25, -0.2) is 4.39 Å². The normalized spacial score (nSPS) is 20.3. The molecule has 0 radical (unpaired) electrons. The molecule has 1 aliphatic heterocycles. The summed E-state index contributed by atoms with van der Waals surface area (Å²) in [5, 5.41) is 3.93. The van der Waals surface area contributed by atoms with Gasteiger partial charge in [0.15, 0.2) is 0 Å². The van der Waals surface area contributed by atoms with Crippen molar-refractivity contribution in [2.45, 2.75) is 63.7 Å². The number of carbonyl (C=O) groups is 2. The Morgan fingerprint density at radius 3 is 2.47 bits per heavy atom. The van der Waals surface area contributed by atoms with Crippen LogP contribution in [0.25, 0.3) is 10.9 Å². The molecule has 2 heterocycles. The van der Waals surface area contributed by atoms with Crippen LogP contribution in [0.2, 0.25) is 0 Å². The zero-order valence-corrected chi connectivity index (χ0v) is 21.0. The van der Waals surface area contributed by atoms with Crippen molar-refractivity contribution in [2.75, 3.05) is 14.2 Å². The summed E-state index contributed by atoms with van der Waals surface area (Å²) in [7, 11) is 3.15. The van der Waals surface area contributed by atoms with E-state index < -0.39 is 11.4 Å². The van der Waals surface area contributed by atoms with E-state index >= 15 is 0 Å². The molecule has 1 aliphatic carbocycles. The molecule has 3 aromatic rings. The van der Waals surface area contributed by atoms with Gasteiger partial charge in [-0.15, -0.1) is 0 Å². The molecule has 36 heavy (non-hydrogen) atoms. The van der Waals surface area contributed by atoms with E-state index in [9.17, 15) is 14.0 Å². The van der Waals surface area contributed by atoms with Crippen LogP contribution < -0.4 is 14.8 Å². The van der Waals surface area contributed by atoms with Crippen LogP contribution in [0.1, 0.15) is 55.1 Å². The Morgan fingerprint density at radius 2 is 1.78 bits per heavy atom. The van der Waals surface area contributed by atoms with Crippen molar-refractivity contribution in [3.63, 3.8) is 0 Å². The van der Waals surface area contributed by atoms with Gasteiger partial charge in [0.25, 0.3) is 5.91 Å². The van der Waals surface area contributed by atoms with Crippen molar-refractivity contribution in [3.8, 4) is 11.5 Å². The molecule has 0 spiro atoms. The van der Waals surface area contributed by atoms with E-state index in [0.717, 1.165) is 31.1 Å². The molecule has 8 heteroatoms. The molecule has 7 nitrogen and oxygen atoms in total. The first kappa shape index (κ1) is 24.2. The number of ether oxygens (including phenoxy) is 2. The van der Waals surface area contributed by atoms with Crippen LogP contribution in [0.5, 0.6) is 11.5 Å².